The second-order valence-corrected chi connectivity index (χ2v) is 3.61. The van der Waals surface area contributed by atoms with Crippen molar-refractivity contribution in [3.05, 3.63) is 23.8 Å². The van der Waals surface area contributed by atoms with Crippen molar-refractivity contribution in [2.75, 3.05) is 33.9 Å². The third-order valence-corrected chi connectivity index (χ3v) is 2.51. The van der Waals surface area contributed by atoms with E-state index in [1.54, 1.807) is 14.2 Å². The molecule has 96 valence electrons. The molecule has 0 heterocycles. The minimum absolute atomic E-state index is 0.0221. The topological polar surface area (TPSA) is 76.7 Å². The second kappa shape index (κ2) is 7.11. The van der Waals surface area contributed by atoms with E-state index in [1.807, 2.05) is 18.2 Å². The number of ether oxygens (including phenoxy) is 2. The average Bonchev–Trinajstić information content (AvgIpc) is 2.39. The largest absolute Gasteiger partial charge is 0.497 e. The normalized spacial score (nSPS) is 12.2. The van der Waals surface area contributed by atoms with Gasteiger partial charge in [0.15, 0.2) is 0 Å². The molecule has 0 spiro atoms. The first kappa shape index (κ1) is 13.8. The van der Waals surface area contributed by atoms with Crippen molar-refractivity contribution >= 4 is 0 Å². The molecule has 0 bridgehead atoms. The zero-order valence-corrected chi connectivity index (χ0v) is 10.3. The van der Waals surface area contributed by atoms with Gasteiger partial charge in [0.1, 0.15) is 11.5 Å². The summed E-state index contributed by atoms with van der Waals surface area (Å²) in [6, 6.07) is 5.60. The highest BCUT2D eigenvalue weighted by molar-refractivity contribution is 5.39. The summed E-state index contributed by atoms with van der Waals surface area (Å²) < 4.78 is 10.4. The van der Waals surface area contributed by atoms with Gasteiger partial charge in [-0.25, -0.2) is 0 Å². The molecule has 0 fully saturated rings. The van der Waals surface area contributed by atoms with Crippen LogP contribution in [-0.4, -0.2) is 39.0 Å². The zero-order valence-electron chi connectivity index (χ0n) is 10.3. The Labute approximate surface area is 102 Å². The fourth-order valence-corrected chi connectivity index (χ4v) is 1.61. The fourth-order valence-electron chi connectivity index (χ4n) is 1.61. The first-order valence-corrected chi connectivity index (χ1v) is 5.52. The molecule has 1 atom stereocenters. The molecule has 1 unspecified atom stereocenters. The van der Waals surface area contributed by atoms with Crippen LogP contribution < -0.4 is 20.5 Å². The lowest BCUT2D eigenvalue weighted by Crippen LogP contribution is -2.30. The summed E-state index contributed by atoms with van der Waals surface area (Å²) in [5.74, 6) is 1.45. The first-order valence-electron chi connectivity index (χ1n) is 5.52. The van der Waals surface area contributed by atoms with Crippen LogP contribution in [-0.2, 0) is 0 Å². The van der Waals surface area contributed by atoms with Crippen molar-refractivity contribution < 1.29 is 14.6 Å². The van der Waals surface area contributed by atoms with E-state index < -0.39 is 0 Å². The summed E-state index contributed by atoms with van der Waals surface area (Å²) in [5.41, 5.74) is 6.69. The summed E-state index contributed by atoms with van der Waals surface area (Å²) in [6.45, 7) is 1.02. The standard InChI is InChI=1S/C12H20N2O3/c1-16-10-5-9(6-11(7-10)17-2)12(8-13)14-3-4-15/h5-7,12,14-15H,3-4,8,13H2,1-2H3. The molecular formula is C12H20N2O3. The molecule has 4 N–H and O–H groups in total. The summed E-state index contributed by atoms with van der Waals surface area (Å²) in [5, 5.41) is 12.0. The number of nitrogens with two attached hydrogens (primary N) is 1. The van der Waals surface area contributed by atoms with Crippen LogP contribution >= 0.6 is 0 Å². The lowest BCUT2D eigenvalue weighted by atomic mass is 10.1. The lowest BCUT2D eigenvalue weighted by Gasteiger charge is -2.18. The van der Waals surface area contributed by atoms with Crippen LogP contribution in [0.4, 0.5) is 0 Å². The summed E-state index contributed by atoms with van der Waals surface area (Å²) in [4.78, 5) is 0. The fraction of sp³-hybridized carbons (Fsp3) is 0.500. The van der Waals surface area contributed by atoms with Gasteiger partial charge in [-0.1, -0.05) is 0 Å². The molecule has 0 aliphatic rings. The maximum atomic E-state index is 8.81. The van der Waals surface area contributed by atoms with Crippen LogP contribution in [0.25, 0.3) is 0 Å². The predicted molar refractivity (Wildman–Crippen MR) is 66.4 cm³/mol. The molecule has 0 aliphatic heterocycles. The van der Waals surface area contributed by atoms with E-state index in [-0.39, 0.29) is 12.6 Å². The average molecular weight is 240 g/mol. The molecule has 17 heavy (non-hydrogen) atoms. The predicted octanol–water partition coefficient (Wildman–Crippen LogP) is 0.286. The Morgan fingerprint density at radius 3 is 2.24 bits per heavy atom. The molecular weight excluding hydrogens is 220 g/mol. The maximum Gasteiger partial charge on any atom is 0.122 e. The number of nitrogens with one attached hydrogen (secondary N) is 1. The molecule has 5 nitrogen and oxygen atoms in total. The summed E-state index contributed by atoms with van der Waals surface area (Å²) in [6.07, 6.45) is 0. The quantitative estimate of drug-likeness (QED) is 0.638. The molecule has 0 aromatic heterocycles. The summed E-state index contributed by atoms with van der Waals surface area (Å²) in [7, 11) is 3.22. The van der Waals surface area contributed by atoms with E-state index in [0.717, 1.165) is 17.1 Å². The number of aliphatic hydroxyl groups excluding tert-OH is 1. The highest BCUT2D eigenvalue weighted by Gasteiger charge is 2.11. The zero-order chi connectivity index (χ0) is 12.7. The number of aliphatic hydroxyl groups is 1. The number of hydrogen-bond acceptors (Lipinski definition) is 5. The number of hydrogen-bond donors (Lipinski definition) is 3. The van der Waals surface area contributed by atoms with Crippen LogP contribution in [0.3, 0.4) is 0 Å². The molecule has 0 aliphatic carbocycles. The van der Waals surface area contributed by atoms with Crippen LogP contribution in [0.2, 0.25) is 0 Å². The second-order valence-electron chi connectivity index (χ2n) is 3.61. The van der Waals surface area contributed by atoms with E-state index in [1.165, 1.54) is 0 Å². The monoisotopic (exact) mass is 240 g/mol. The van der Waals surface area contributed by atoms with Gasteiger partial charge in [-0.3, -0.25) is 0 Å². The number of methoxy groups -OCH3 is 2. The molecule has 1 aromatic rings. The van der Waals surface area contributed by atoms with Crippen molar-refractivity contribution in [2.45, 2.75) is 6.04 Å². The van der Waals surface area contributed by atoms with E-state index in [2.05, 4.69) is 5.32 Å². The van der Waals surface area contributed by atoms with E-state index in [4.69, 9.17) is 20.3 Å². The van der Waals surface area contributed by atoms with Crippen LogP contribution in [0.15, 0.2) is 18.2 Å². The third kappa shape index (κ3) is 3.89. The van der Waals surface area contributed by atoms with Crippen molar-refractivity contribution in [1.82, 2.24) is 5.32 Å². The van der Waals surface area contributed by atoms with Gasteiger partial charge in [0, 0.05) is 25.2 Å². The SMILES string of the molecule is COc1cc(OC)cc(C(CN)NCCO)c1. The number of benzene rings is 1. The van der Waals surface area contributed by atoms with Crippen molar-refractivity contribution in [3.8, 4) is 11.5 Å². The van der Waals surface area contributed by atoms with Gasteiger partial charge in [-0.2, -0.15) is 0 Å². The molecule has 1 rings (SSSR count). The molecule has 0 amide bonds. The van der Waals surface area contributed by atoms with Crippen molar-refractivity contribution in [3.63, 3.8) is 0 Å². The smallest absolute Gasteiger partial charge is 0.122 e. The Bertz CT molecular complexity index is 322. The van der Waals surface area contributed by atoms with E-state index in [9.17, 15) is 0 Å². The lowest BCUT2D eigenvalue weighted by molar-refractivity contribution is 0.285. The first-order chi connectivity index (χ1) is 8.24. The molecule has 1 aromatic carbocycles. The maximum absolute atomic E-state index is 8.81. The van der Waals surface area contributed by atoms with E-state index in [0.29, 0.717) is 13.1 Å². The number of rotatable bonds is 7. The van der Waals surface area contributed by atoms with Crippen molar-refractivity contribution in [2.24, 2.45) is 5.73 Å². The Hall–Kier alpha value is -1.30. The Morgan fingerprint density at radius 2 is 1.82 bits per heavy atom. The molecule has 0 saturated heterocycles. The minimum atomic E-state index is -0.0221. The van der Waals surface area contributed by atoms with Crippen LogP contribution in [0, 0.1) is 0 Å². The minimum Gasteiger partial charge on any atom is -0.497 e. The molecule has 0 saturated carbocycles. The Balaban J connectivity index is 2.92. The Morgan fingerprint density at radius 1 is 1.24 bits per heavy atom. The summed E-state index contributed by atoms with van der Waals surface area (Å²) >= 11 is 0. The highest BCUT2D eigenvalue weighted by Crippen LogP contribution is 2.25. The highest BCUT2D eigenvalue weighted by atomic mass is 16.5. The molecule has 0 radical (unpaired) electrons. The van der Waals surface area contributed by atoms with Crippen LogP contribution in [0.5, 0.6) is 11.5 Å². The van der Waals surface area contributed by atoms with Crippen LogP contribution in [0.1, 0.15) is 11.6 Å². The van der Waals surface area contributed by atoms with Gasteiger partial charge < -0.3 is 25.6 Å². The van der Waals surface area contributed by atoms with Gasteiger partial charge in [0.2, 0.25) is 0 Å². The Kier molecular flexibility index (Phi) is 5.76. The van der Waals surface area contributed by atoms with Gasteiger partial charge >= 0.3 is 0 Å². The van der Waals surface area contributed by atoms with Gasteiger partial charge in [-0.15, -0.1) is 0 Å². The van der Waals surface area contributed by atoms with Gasteiger partial charge in [0.25, 0.3) is 0 Å². The third-order valence-electron chi connectivity index (χ3n) is 2.51. The van der Waals surface area contributed by atoms with Crippen molar-refractivity contribution in [1.29, 1.82) is 0 Å². The van der Waals surface area contributed by atoms with Gasteiger partial charge in [-0.05, 0) is 17.7 Å². The van der Waals surface area contributed by atoms with E-state index >= 15 is 0 Å². The molecule has 5 heteroatoms. The van der Waals surface area contributed by atoms with Gasteiger partial charge in [0.05, 0.1) is 20.8 Å².